The molecule has 0 saturated heterocycles. The van der Waals surface area contributed by atoms with Gasteiger partial charge in [-0.3, -0.25) is 0 Å². The second-order valence-electron chi connectivity index (χ2n) is 3.59. The summed E-state index contributed by atoms with van der Waals surface area (Å²) in [7, 11) is 0. The van der Waals surface area contributed by atoms with Crippen molar-refractivity contribution >= 4 is 26.0 Å². The third-order valence-electron chi connectivity index (χ3n) is 2.62. The molecule has 0 aliphatic heterocycles. The Hall–Kier alpha value is -2.70. The average molecular weight is 311 g/mol. The molecule has 7 heteroatoms. The van der Waals surface area contributed by atoms with Gasteiger partial charge in [0, 0.05) is 0 Å². The summed E-state index contributed by atoms with van der Waals surface area (Å²) in [6.45, 7) is 0. The van der Waals surface area contributed by atoms with Crippen molar-refractivity contribution in [3.8, 4) is 24.3 Å². The molecule has 1 aromatic heterocycles. The van der Waals surface area contributed by atoms with Crippen LogP contribution in [-0.2, 0) is 0 Å². The SMILES string of the molecule is N#CC(C#N)c1ccc(C(C#N)C#N)c2n[se]nc12. The molecule has 0 aliphatic carbocycles. The van der Waals surface area contributed by atoms with Crippen LogP contribution in [0.25, 0.3) is 11.0 Å². The molecule has 0 amide bonds. The van der Waals surface area contributed by atoms with Crippen LogP contribution < -0.4 is 0 Å². The fourth-order valence-electron chi connectivity index (χ4n) is 1.71. The predicted molar refractivity (Wildman–Crippen MR) is 64.4 cm³/mol. The summed E-state index contributed by atoms with van der Waals surface area (Å²) in [5.41, 5.74) is 1.92. The molecule has 0 spiro atoms. The van der Waals surface area contributed by atoms with Gasteiger partial charge in [-0.05, 0) is 0 Å². The van der Waals surface area contributed by atoms with Crippen LogP contribution in [0.5, 0.6) is 0 Å². The van der Waals surface area contributed by atoms with E-state index in [0.717, 1.165) is 0 Å². The fraction of sp³-hybridized carbons (Fsp3) is 0.167. The molecule has 2 aromatic rings. The number of nitrogens with zero attached hydrogens (tertiary/aromatic N) is 6. The summed E-state index contributed by atoms with van der Waals surface area (Å²) in [6, 6.07) is 10.7. The molecule has 1 heterocycles. The molecule has 6 nitrogen and oxygen atoms in total. The van der Waals surface area contributed by atoms with Gasteiger partial charge in [0.25, 0.3) is 0 Å². The van der Waals surface area contributed by atoms with Crippen LogP contribution in [0, 0.1) is 45.3 Å². The van der Waals surface area contributed by atoms with Crippen LogP contribution >= 0.6 is 0 Å². The van der Waals surface area contributed by atoms with Crippen molar-refractivity contribution in [1.29, 1.82) is 21.0 Å². The van der Waals surface area contributed by atoms with E-state index >= 15 is 0 Å². The Bertz CT molecular complexity index is 701. The van der Waals surface area contributed by atoms with Gasteiger partial charge in [0.05, 0.1) is 0 Å². The topological polar surface area (TPSA) is 121 Å². The van der Waals surface area contributed by atoms with Crippen molar-refractivity contribution in [2.75, 3.05) is 0 Å². The van der Waals surface area contributed by atoms with E-state index in [-0.39, 0.29) is 15.0 Å². The first-order valence-corrected chi connectivity index (χ1v) is 6.63. The maximum atomic E-state index is 8.94. The zero-order valence-electron chi connectivity index (χ0n) is 9.40. The van der Waals surface area contributed by atoms with Gasteiger partial charge in [-0.15, -0.1) is 0 Å². The Morgan fingerprint density at radius 1 is 0.789 bits per heavy atom. The molecule has 0 saturated carbocycles. The van der Waals surface area contributed by atoms with Gasteiger partial charge < -0.3 is 0 Å². The van der Waals surface area contributed by atoms with E-state index in [2.05, 4.69) is 7.96 Å². The number of benzene rings is 1. The van der Waals surface area contributed by atoms with E-state index in [1.807, 2.05) is 24.3 Å². The van der Waals surface area contributed by atoms with Gasteiger partial charge in [-0.25, -0.2) is 0 Å². The first-order valence-electron chi connectivity index (χ1n) is 5.10. The van der Waals surface area contributed by atoms with Crippen LogP contribution in [0.1, 0.15) is 23.0 Å². The molecule has 0 unspecified atom stereocenters. The molecule has 0 fully saturated rings. The summed E-state index contributed by atoms with van der Waals surface area (Å²) in [4.78, 5) is 0. The fourth-order valence-corrected chi connectivity index (χ4v) is 2.94. The Morgan fingerprint density at radius 3 is 1.47 bits per heavy atom. The first-order chi connectivity index (χ1) is 9.26. The minimum atomic E-state index is -0.918. The van der Waals surface area contributed by atoms with Crippen molar-refractivity contribution in [2.45, 2.75) is 11.8 Å². The summed E-state index contributed by atoms with van der Waals surface area (Å²) < 4.78 is 8.40. The number of aromatic nitrogens is 2. The maximum absolute atomic E-state index is 8.94. The van der Waals surface area contributed by atoms with E-state index in [0.29, 0.717) is 22.2 Å². The zero-order chi connectivity index (χ0) is 13.8. The van der Waals surface area contributed by atoms with Gasteiger partial charge >= 0.3 is 114 Å². The number of rotatable bonds is 2. The van der Waals surface area contributed by atoms with Crippen LogP contribution in [0.2, 0.25) is 0 Å². The number of hydrogen-bond acceptors (Lipinski definition) is 6. The summed E-state index contributed by atoms with van der Waals surface area (Å²) in [6.07, 6.45) is 0. The molecule has 0 N–H and O–H groups in total. The molecule has 0 aliphatic rings. The van der Waals surface area contributed by atoms with E-state index in [1.54, 1.807) is 12.1 Å². The van der Waals surface area contributed by atoms with Gasteiger partial charge in [0.2, 0.25) is 0 Å². The molecule has 2 rings (SSSR count). The molecule has 1 aromatic carbocycles. The second-order valence-corrected chi connectivity index (χ2v) is 4.70. The zero-order valence-corrected chi connectivity index (χ0v) is 11.1. The molecular formula is C12H4N6Se. The molecule has 0 atom stereocenters. The summed E-state index contributed by atoms with van der Waals surface area (Å²) in [5.74, 6) is -1.84. The van der Waals surface area contributed by atoms with Crippen molar-refractivity contribution in [3.05, 3.63) is 23.3 Å². The number of nitriles is 4. The van der Waals surface area contributed by atoms with E-state index in [1.165, 1.54) is 0 Å². The summed E-state index contributed by atoms with van der Waals surface area (Å²) >= 11 is -0.363. The third-order valence-corrected chi connectivity index (χ3v) is 3.72. The van der Waals surface area contributed by atoms with Crippen LogP contribution in [-0.4, -0.2) is 22.9 Å². The van der Waals surface area contributed by atoms with Crippen LogP contribution in [0.4, 0.5) is 0 Å². The van der Waals surface area contributed by atoms with Crippen molar-refractivity contribution < 1.29 is 0 Å². The monoisotopic (exact) mass is 312 g/mol. The third kappa shape index (κ3) is 2.05. The second kappa shape index (κ2) is 5.30. The molecular weight excluding hydrogens is 307 g/mol. The Labute approximate surface area is 115 Å². The predicted octanol–water partition coefficient (Wildman–Crippen LogP) is 0.948. The molecule has 88 valence electrons. The van der Waals surface area contributed by atoms with Crippen molar-refractivity contribution in [3.63, 3.8) is 0 Å². The normalized spacial score (nSPS) is 9.79. The quantitative estimate of drug-likeness (QED) is 0.761. The average Bonchev–Trinajstić information content (AvgIpc) is 2.92. The van der Waals surface area contributed by atoms with Gasteiger partial charge in [-0.1, -0.05) is 0 Å². The molecule has 0 radical (unpaired) electrons. The number of fused-ring (bicyclic) bond motifs is 1. The minimum absolute atomic E-state index is 0.363. The van der Waals surface area contributed by atoms with Crippen molar-refractivity contribution in [2.24, 2.45) is 0 Å². The van der Waals surface area contributed by atoms with Gasteiger partial charge in [0.15, 0.2) is 0 Å². The standard InChI is InChI=1S/C12H4N6Se/c13-3-7(4-14)9-1-2-10(8(5-15)6-16)12-11(9)17-19-18-12/h1-2,7-8H. The Morgan fingerprint density at radius 2 is 1.16 bits per heavy atom. The van der Waals surface area contributed by atoms with E-state index < -0.39 is 11.8 Å². The van der Waals surface area contributed by atoms with Gasteiger partial charge in [0.1, 0.15) is 0 Å². The van der Waals surface area contributed by atoms with Crippen LogP contribution in [0.3, 0.4) is 0 Å². The van der Waals surface area contributed by atoms with E-state index in [9.17, 15) is 0 Å². The van der Waals surface area contributed by atoms with Crippen LogP contribution in [0.15, 0.2) is 12.1 Å². The first kappa shape index (κ1) is 12.7. The summed E-state index contributed by atoms with van der Waals surface area (Å²) in [5, 5.41) is 35.7. The van der Waals surface area contributed by atoms with Crippen molar-refractivity contribution in [1.82, 2.24) is 7.96 Å². The molecule has 0 bridgehead atoms. The van der Waals surface area contributed by atoms with E-state index in [4.69, 9.17) is 21.0 Å². The molecule has 19 heavy (non-hydrogen) atoms. The Kier molecular flexibility index (Phi) is 3.55. The van der Waals surface area contributed by atoms with Gasteiger partial charge in [-0.2, -0.15) is 0 Å². The Balaban J connectivity index is 2.72. The number of hydrogen-bond donors (Lipinski definition) is 0.